The van der Waals surface area contributed by atoms with Crippen LogP contribution in [-0.2, 0) is 4.74 Å². The average Bonchev–Trinajstić information content (AvgIpc) is 2.40. The summed E-state index contributed by atoms with van der Waals surface area (Å²) in [4.78, 5) is 4.77. The van der Waals surface area contributed by atoms with Gasteiger partial charge in [-0.2, -0.15) is 0 Å². The quantitative estimate of drug-likeness (QED) is 0.852. The van der Waals surface area contributed by atoms with E-state index in [4.69, 9.17) is 9.73 Å². The number of nitrogens with zero attached hydrogens (tertiary/aromatic N) is 1. The van der Waals surface area contributed by atoms with Crippen LogP contribution in [0, 0.1) is 5.41 Å². The van der Waals surface area contributed by atoms with Crippen LogP contribution in [0.15, 0.2) is 4.99 Å². The zero-order valence-corrected chi connectivity index (χ0v) is 12.5. The van der Waals surface area contributed by atoms with Crippen molar-refractivity contribution in [3.8, 4) is 0 Å². The first-order valence-electron chi connectivity index (χ1n) is 7.26. The molecule has 2 rings (SSSR count). The van der Waals surface area contributed by atoms with Gasteiger partial charge >= 0.3 is 0 Å². The van der Waals surface area contributed by atoms with E-state index in [9.17, 15) is 0 Å². The Balaban J connectivity index is 1.79. The Bertz CT molecular complexity index is 288. The van der Waals surface area contributed by atoms with Gasteiger partial charge in [0.15, 0.2) is 5.17 Å². The van der Waals surface area contributed by atoms with Crippen LogP contribution < -0.4 is 5.32 Å². The van der Waals surface area contributed by atoms with Gasteiger partial charge in [-0.05, 0) is 32.1 Å². The van der Waals surface area contributed by atoms with E-state index >= 15 is 0 Å². The predicted octanol–water partition coefficient (Wildman–Crippen LogP) is 3.05. The predicted molar refractivity (Wildman–Crippen MR) is 79.4 cm³/mol. The molecular weight excluding hydrogens is 244 g/mol. The van der Waals surface area contributed by atoms with Crippen molar-refractivity contribution in [2.75, 3.05) is 25.5 Å². The van der Waals surface area contributed by atoms with E-state index in [1.165, 1.54) is 37.9 Å². The minimum Gasteiger partial charge on any atom is -0.380 e. The van der Waals surface area contributed by atoms with Crippen molar-refractivity contribution in [1.82, 2.24) is 5.32 Å². The molecule has 4 heteroatoms. The molecule has 0 aromatic heterocycles. The third-order valence-corrected chi connectivity index (χ3v) is 5.21. The van der Waals surface area contributed by atoms with Crippen LogP contribution in [0.1, 0.15) is 46.0 Å². The molecule has 0 bridgehead atoms. The highest BCUT2D eigenvalue weighted by molar-refractivity contribution is 8.13. The lowest BCUT2D eigenvalue weighted by molar-refractivity contribution is 0.132. The number of hydrogen-bond donors (Lipinski definition) is 1. The number of aliphatic imine (C=N–C) groups is 1. The summed E-state index contributed by atoms with van der Waals surface area (Å²) in [5.41, 5.74) is 0.525. The van der Waals surface area contributed by atoms with E-state index in [0.717, 1.165) is 24.9 Å². The van der Waals surface area contributed by atoms with E-state index in [-0.39, 0.29) is 0 Å². The molecule has 1 saturated carbocycles. The summed E-state index contributed by atoms with van der Waals surface area (Å²) >= 11 is 1.91. The van der Waals surface area contributed by atoms with Gasteiger partial charge in [0.1, 0.15) is 0 Å². The summed E-state index contributed by atoms with van der Waals surface area (Å²) in [6.45, 7) is 6.77. The summed E-state index contributed by atoms with van der Waals surface area (Å²) in [5.74, 6) is 1.25. The molecular formula is C14H26N2OS. The first kappa shape index (κ1) is 14.2. The van der Waals surface area contributed by atoms with Crippen LogP contribution in [0.5, 0.6) is 0 Å². The first-order chi connectivity index (χ1) is 8.74. The third kappa shape index (κ3) is 3.89. The summed E-state index contributed by atoms with van der Waals surface area (Å²) in [7, 11) is 0. The molecule has 3 nitrogen and oxygen atoms in total. The SMILES string of the molecule is CCOCC(C)NC1=NCC2(CCCCC2)CS1. The molecule has 0 amide bonds. The molecule has 1 N–H and O–H groups in total. The molecule has 2 aliphatic rings. The number of ether oxygens (including phenoxy) is 1. The maximum absolute atomic E-state index is 5.42. The topological polar surface area (TPSA) is 33.6 Å². The Morgan fingerprint density at radius 2 is 2.17 bits per heavy atom. The molecule has 104 valence electrons. The van der Waals surface area contributed by atoms with Crippen molar-refractivity contribution in [3.63, 3.8) is 0 Å². The second kappa shape index (κ2) is 6.80. The number of hydrogen-bond acceptors (Lipinski definition) is 4. The fourth-order valence-corrected chi connectivity index (χ4v) is 4.05. The van der Waals surface area contributed by atoms with Crippen molar-refractivity contribution in [3.05, 3.63) is 0 Å². The smallest absolute Gasteiger partial charge is 0.156 e. The molecule has 1 unspecified atom stereocenters. The van der Waals surface area contributed by atoms with Crippen LogP contribution >= 0.6 is 11.8 Å². The molecule has 0 saturated heterocycles. The van der Waals surface area contributed by atoms with Crippen LogP contribution in [-0.4, -0.2) is 36.7 Å². The molecule has 0 radical (unpaired) electrons. The zero-order chi connectivity index (χ0) is 12.8. The fourth-order valence-electron chi connectivity index (χ4n) is 2.79. The van der Waals surface area contributed by atoms with Crippen molar-refractivity contribution < 1.29 is 4.74 Å². The van der Waals surface area contributed by atoms with E-state index < -0.39 is 0 Å². The second-order valence-electron chi connectivity index (χ2n) is 5.68. The Labute approximate surface area is 115 Å². The summed E-state index contributed by atoms with van der Waals surface area (Å²) in [6.07, 6.45) is 6.99. The fraction of sp³-hybridized carbons (Fsp3) is 0.929. The monoisotopic (exact) mass is 270 g/mol. The molecule has 1 aliphatic heterocycles. The van der Waals surface area contributed by atoms with Gasteiger partial charge in [-0.25, -0.2) is 0 Å². The van der Waals surface area contributed by atoms with Crippen LogP contribution in [0.25, 0.3) is 0 Å². The summed E-state index contributed by atoms with van der Waals surface area (Å²) in [5, 5.41) is 4.59. The Hall–Kier alpha value is -0.220. The largest absolute Gasteiger partial charge is 0.380 e. The standard InChI is InChI=1S/C14H26N2OS/c1-3-17-9-12(2)16-13-15-10-14(11-18-13)7-5-4-6-8-14/h12H,3-11H2,1-2H3,(H,15,16). The molecule has 0 aromatic carbocycles. The Morgan fingerprint density at radius 1 is 1.39 bits per heavy atom. The highest BCUT2D eigenvalue weighted by atomic mass is 32.2. The maximum Gasteiger partial charge on any atom is 0.156 e. The van der Waals surface area contributed by atoms with Crippen LogP contribution in [0.4, 0.5) is 0 Å². The minimum atomic E-state index is 0.358. The van der Waals surface area contributed by atoms with Gasteiger partial charge in [-0.1, -0.05) is 31.0 Å². The van der Waals surface area contributed by atoms with E-state index in [2.05, 4.69) is 12.2 Å². The van der Waals surface area contributed by atoms with Gasteiger partial charge in [0, 0.05) is 24.9 Å². The van der Waals surface area contributed by atoms with Gasteiger partial charge in [0.2, 0.25) is 0 Å². The number of rotatable bonds is 4. The van der Waals surface area contributed by atoms with Gasteiger partial charge in [0.05, 0.1) is 6.61 Å². The number of thioether (sulfide) groups is 1. The van der Waals surface area contributed by atoms with Crippen molar-refractivity contribution in [2.45, 2.75) is 52.0 Å². The van der Waals surface area contributed by atoms with Crippen molar-refractivity contribution in [2.24, 2.45) is 10.4 Å². The summed E-state index contributed by atoms with van der Waals surface area (Å²) in [6, 6.07) is 0.358. The van der Waals surface area contributed by atoms with Gasteiger partial charge < -0.3 is 10.1 Å². The van der Waals surface area contributed by atoms with Crippen molar-refractivity contribution >= 4 is 16.9 Å². The highest BCUT2D eigenvalue weighted by Crippen LogP contribution is 2.41. The molecule has 1 atom stereocenters. The molecule has 1 spiro atoms. The zero-order valence-electron chi connectivity index (χ0n) is 11.7. The number of amidine groups is 1. The third-order valence-electron chi connectivity index (χ3n) is 3.93. The van der Waals surface area contributed by atoms with Gasteiger partial charge in [-0.15, -0.1) is 0 Å². The summed E-state index contributed by atoms with van der Waals surface area (Å²) < 4.78 is 5.42. The van der Waals surface area contributed by atoms with Gasteiger partial charge in [-0.3, -0.25) is 4.99 Å². The second-order valence-corrected chi connectivity index (χ2v) is 6.64. The molecule has 0 aromatic rings. The number of nitrogens with one attached hydrogen (secondary N) is 1. The molecule has 1 heterocycles. The van der Waals surface area contributed by atoms with E-state index in [0.29, 0.717) is 11.5 Å². The Kier molecular flexibility index (Phi) is 5.37. The lowest BCUT2D eigenvalue weighted by Crippen LogP contribution is -2.40. The first-order valence-corrected chi connectivity index (χ1v) is 8.24. The normalized spacial score (nSPS) is 24.7. The Morgan fingerprint density at radius 3 is 2.78 bits per heavy atom. The minimum absolute atomic E-state index is 0.358. The highest BCUT2D eigenvalue weighted by Gasteiger charge is 2.34. The molecule has 1 aliphatic carbocycles. The molecule has 18 heavy (non-hydrogen) atoms. The van der Waals surface area contributed by atoms with E-state index in [1.807, 2.05) is 18.7 Å². The van der Waals surface area contributed by atoms with Crippen molar-refractivity contribution in [1.29, 1.82) is 0 Å². The lowest BCUT2D eigenvalue weighted by atomic mass is 9.75. The van der Waals surface area contributed by atoms with Crippen LogP contribution in [0.3, 0.4) is 0 Å². The average molecular weight is 270 g/mol. The maximum atomic E-state index is 5.42. The molecule has 1 fully saturated rings. The van der Waals surface area contributed by atoms with Gasteiger partial charge in [0.25, 0.3) is 0 Å². The van der Waals surface area contributed by atoms with Crippen LogP contribution in [0.2, 0.25) is 0 Å². The van der Waals surface area contributed by atoms with E-state index in [1.54, 1.807) is 0 Å². The lowest BCUT2D eigenvalue weighted by Gasteiger charge is -2.38.